The number of sulfonamides is 1. The summed E-state index contributed by atoms with van der Waals surface area (Å²) >= 11 is 0. The lowest BCUT2D eigenvalue weighted by molar-refractivity contribution is -0.143. The van der Waals surface area contributed by atoms with Crippen molar-refractivity contribution in [2.24, 2.45) is 5.41 Å². The highest BCUT2D eigenvalue weighted by Gasteiger charge is 2.45. The zero-order valence-electron chi connectivity index (χ0n) is 22.5. The van der Waals surface area contributed by atoms with Crippen molar-refractivity contribution in [3.8, 4) is 11.4 Å². The second-order valence-corrected chi connectivity index (χ2v) is 12.4. The fourth-order valence-corrected chi connectivity index (χ4v) is 6.22. The molecule has 2 fully saturated rings. The van der Waals surface area contributed by atoms with Gasteiger partial charge in [-0.1, -0.05) is 30.3 Å². The molecule has 1 aliphatic heterocycles. The normalized spacial score (nSPS) is 16.8. The Balaban J connectivity index is 1.39. The van der Waals surface area contributed by atoms with Gasteiger partial charge in [0.05, 0.1) is 24.2 Å². The lowest BCUT2D eigenvalue weighted by atomic mass is 10.1. The lowest BCUT2D eigenvalue weighted by Crippen LogP contribution is -2.49. The number of carbonyl (C=O) groups is 1. The minimum absolute atomic E-state index is 0.0788. The molecule has 1 aromatic heterocycles. The minimum atomic E-state index is -3.56. The molecule has 218 valence electrons. The molecule has 3 aromatic rings. The van der Waals surface area contributed by atoms with E-state index in [1.54, 1.807) is 29.2 Å². The lowest BCUT2D eigenvalue weighted by Gasteiger charge is -2.35. The van der Waals surface area contributed by atoms with E-state index in [1.807, 2.05) is 6.07 Å². The number of esters is 1. The van der Waals surface area contributed by atoms with Crippen LogP contribution in [0.4, 0.5) is 14.5 Å². The van der Waals surface area contributed by atoms with Crippen LogP contribution in [-0.4, -0.2) is 67.9 Å². The number of piperazine rings is 1. The van der Waals surface area contributed by atoms with Crippen LogP contribution >= 0.6 is 0 Å². The molecule has 1 saturated heterocycles. The molecule has 5 rings (SSSR count). The van der Waals surface area contributed by atoms with Crippen molar-refractivity contribution < 1.29 is 31.5 Å². The molecule has 0 unspecified atom stereocenters. The number of anilines is 1. The Labute approximate surface area is 236 Å². The summed E-state index contributed by atoms with van der Waals surface area (Å²) < 4.78 is 67.4. The highest BCUT2D eigenvalue weighted by molar-refractivity contribution is 7.88. The van der Waals surface area contributed by atoms with E-state index in [0.717, 1.165) is 29.7 Å². The van der Waals surface area contributed by atoms with Crippen LogP contribution in [0.1, 0.15) is 25.3 Å². The summed E-state index contributed by atoms with van der Waals surface area (Å²) in [5.41, 5.74) is -0.239. The van der Waals surface area contributed by atoms with Gasteiger partial charge in [0, 0.05) is 44.6 Å². The third-order valence-electron chi connectivity index (χ3n) is 7.23. The maximum absolute atomic E-state index is 13.9. The van der Waals surface area contributed by atoms with Gasteiger partial charge in [-0.15, -0.1) is 0 Å². The summed E-state index contributed by atoms with van der Waals surface area (Å²) in [5, 5.41) is 4.16. The van der Waals surface area contributed by atoms with Crippen molar-refractivity contribution in [1.82, 2.24) is 14.1 Å². The van der Waals surface area contributed by atoms with Gasteiger partial charge in [-0.05, 0) is 30.5 Å². The molecular formula is C28H30F2N4O6S. The molecule has 1 saturated carbocycles. The predicted octanol–water partition coefficient (Wildman–Crippen LogP) is 2.88. The maximum Gasteiger partial charge on any atom is 0.316 e. The monoisotopic (exact) mass is 588 g/mol. The smallest absolute Gasteiger partial charge is 0.316 e. The minimum Gasteiger partial charge on any atom is -0.485 e. The predicted molar refractivity (Wildman–Crippen MR) is 146 cm³/mol. The standard InChI is InChI=1S/C28H30F2N4O6S/c1-20(35)39-18-28(7-8-28)19-40-26-25(16-31-34(27(26)36)24-14-22(29)13-23(30)15-24)32-9-11-33(12-10-32)41(37,38)17-21-5-3-2-4-6-21/h2-6,13-16H,7-12,17-19H2,1H3. The Morgan fingerprint density at radius 3 is 2.27 bits per heavy atom. The van der Waals surface area contributed by atoms with E-state index in [2.05, 4.69) is 5.10 Å². The van der Waals surface area contributed by atoms with E-state index in [9.17, 15) is 26.8 Å². The van der Waals surface area contributed by atoms with E-state index in [4.69, 9.17) is 9.47 Å². The molecule has 0 amide bonds. The van der Waals surface area contributed by atoms with Crippen LogP contribution in [0.25, 0.3) is 5.69 Å². The van der Waals surface area contributed by atoms with Gasteiger partial charge in [0.2, 0.25) is 15.8 Å². The van der Waals surface area contributed by atoms with Gasteiger partial charge in [-0.3, -0.25) is 9.59 Å². The number of ether oxygens (including phenoxy) is 2. The zero-order chi connectivity index (χ0) is 29.2. The van der Waals surface area contributed by atoms with Gasteiger partial charge in [0.15, 0.2) is 0 Å². The number of halogens is 2. The zero-order valence-corrected chi connectivity index (χ0v) is 23.3. The number of benzene rings is 2. The summed E-state index contributed by atoms with van der Waals surface area (Å²) in [6.07, 6.45) is 2.85. The Morgan fingerprint density at radius 2 is 1.66 bits per heavy atom. The van der Waals surface area contributed by atoms with Gasteiger partial charge in [-0.25, -0.2) is 17.2 Å². The second-order valence-electron chi connectivity index (χ2n) is 10.4. The molecular weight excluding hydrogens is 558 g/mol. The van der Waals surface area contributed by atoms with Crippen LogP contribution in [0, 0.1) is 17.0 Å². The first kappa shape index (κ1) is 28.7. The molecule has 0 radical (unpaired) electrons. The van der Waals surface area contributed by atoms with Crippen molar-refractivity contribution in [3.63, 3.8) is 0 Å². The van der Waals surface area contributed by atoms with Crippen molar-refractivity contribution in [3.05, 3.63) is 82.3 Å². The molecule has 1 aliphatic carbocycles. The molecule has 10 nitrogen and oxygen atoms in total. The van der Waals surface area contributed by atoms with Gasteiger partial charge in [0.25, 0.3) is 0 Å². The summed E-state index contributed by atoms with van der Waals surface area (Å²) in [6, 6.07) is 11.6. The van der Waals surface area contributed by atoms with Crippen LogP contribution in [0.15, 0.2) is 59.5 Å². The van der Waals surface area contributed by atoms with Crippen LogP contribution in [0.5, 0.6) is 5.75 Å². The third-order valence-corrected chi connectivity index (χ3v) is 9.08. The highest BCUT2D eigenvalue weighted by atomic mass is 32.2. The summed E-state index contributed by atoms with van der Waals surface area (Å²) in [5.74, 6) is -2.36. The number of nitrogens with zero attached hydrogens (tertiary/aromatic N) is 4. The fraction of sp³-hybridized carbons (Fsp3) is 0.393. The molecule has 0 atom stereocenters. The van der Waals surface area contributed by atoms with Gasteiger partial charge in [0.1, 0.15) is 23.9 Å². The van der Waals surface area contributed by atoms with Crippen LogP contribution in [0.2, 0.25) is 0 Å². The van der Waals surface area contributed by atoms with Crippen LogP contribution in [0.3, 0.4) is 0 Å². The van der Waals surface area contributed by atoms with Crippen molar-refractivity contribution in [2.75, 3.05) is 44.3 Å². The van der Waals surface area contributed by atoms with Gasteiger partial charge < -0.3 is 14.4 Å². The Kier molecular flexibility index (Phi) is 8.09. The summed E-state index contributed by atoms with van der Waals surface area (Å²) in [6.45, 7) is 2.44. The molecule has 2 heterocycles. The third kappa shape index (κ3) is 6.73. The molecule has 0 bridgehead atoms. The largest absolute Gasteiger partial charge is 0.485 e. The number of rotatable bonds is 10. The number of hydrogen-bond donors (Lipinski definition) is 0. The summed E-state index contributed by atoms with van der Waals surface area (Å²) in [4.78, 5) is 26.7. The van der Waals surface area contributed by atoms with E-state index in [1.165, 1.54) is 17.4 Å². The quantitative estimate of drug-likeness (QED) is 0.333. The van der Waals surface area contributed by atoms with Gasteiger partial charge >= 0.3 is 11.5 Å². The van der Waals surface area contributed by atoms with Crippen molar-refractivity contribution in [2.45, 2.75) is 25.5 Å². The first-order valence-corrected chi connectivity index (χ1v) is 14.8. The Bertz CT molecular complexity index is 1570. The van der Waals surface area contributed by atoms with Crippen molar-refractivity contribution in [1.29, 1.82) is 0 Å². The molecule has 0 spiro atoms. The van der Waals surface area contributed by atoms with E-state index in [-0.39, 0.29) is 56.6 Å². The Morgan fingerprint density at radius 1 is 1.00 bits per heavy atom. The van der Waals surface area contributed by atoms with E-state index >= 15 is 0 Å². The van der Waals surface area contributed by atoms with Crippen molar-refractivity contribution >= 4 is 21.7 Å². The number of aromatic nitrogens is 2. The molecule has 0 N–H and O–H groups in total. The number of carbonyl (C=O) groups excluding carboxylic acids is 1. The first-order valence-electron chi connectivity index (χ1n) is 13.2. The average Bonchev–Trinajstić information content (AvgIpc) is 3.71. The maximum atomic E-state index is 13.9. The topological polar surface area (TPSA) is 111 Å². The first-order chi connectivity index (χ1) is 19.6. The van der Waals surface area contributed by atoms with Gasteiger partial charge in [-0.2, -0.15) is 14.1 Å². The molecule has 2 aliphatic rings. The van der Waals surface area contributed by atoms with E-state index in [0.29, 0.717) is 17.3 Å². The highest BCUT2D eigenvalue weighted by Crippen LogP contribution is 2.46. The number of hydrogen-bond acceptors (Lipinski definition) is 8. The van der Waals surface area contributed by atoms with Crippen LogP contribution in [-0.2, 0) is 25.3 Å². The molecule has 41 heavy (non-hydrogen) atoms. The molecule has 13 heteroatoms. The average molecular weight is 589 g/mol. The van der Waals surface area contributed by atoms with E-state index < -0.39 is 38.6 Å². The fourth-order valence-electron chi connectivity index (χ4n) is 4.71. The van der Waals surface area contributed by atoms with Crippen LogP contribution < -0.4 is 15.2 Å². The molecule has 2 aromatic carbocycles. The Hall–Kier alpha value is -3.84. The second kappa shape index (κ2) is 11.6. The summed E-state index contributed by atoms with van der Waals surface area (Å²) in [7, 11) is -3.56. The SMILES string of the molecule is CC(=O)OCC1(COc2c(N3CCN(S(=O)(=O)Cc4ccccc4)CC3)cnn(-c3cc(F)cc(F)c3)c2=O)CC1.